The van der Waals surface area contributed by atoms with Gasteiger partial charge >= 0.3 is 5.97 Å². The zero-order valence-corrected chi connectivity index (χ0v) is 9.52. The summed E-state index contributed by atoms with van der Waals surface area (Å²) in [7, 11) is 1.53. The third-order valence-electron chi connectivity index (χ3n) is 2.40. The molecule has 0 saturated carbocycles. The van der Waals surface area contributed by atoms with Crippen LogP contribution in [0.3, 0.4) is 0 Å². The molecule has 0 aliphatic rings. The van der Waals surface area contributed by atoms with Crippen LogP contribution < -0.4 is 5.32 Å². The van der Waals surface area contributed by atoms with Gasteiger partial charge in [-0.05, 0) is 24.7 Å². The molecule has 5 nitrogen and oxygen atoms in total. The van der Waals surface area contributed by atoms with E-state index >= 15 is 0 Å². The van der Waals surface area contributed by atoms with Crippen LogP contribution in [0, 0.1) is 11.6 Å². The molecule has 0 fully saturated rings. The van der Waals surface area contributed by atoms with Gasteiger partial charge in [0.05, 0.1) is 6.10 Å². The first kappa shape index (κ1) is 14.5. The lowest BCUT2D eigenvalue weighted by Gasteiger charge is -2.18. The van der Waals surface area contributed by atoms with Crippen molar-refractivity contribution in [1.29, 1.82) is 0 Å². The monoisotopic (exact) mass is 261 g/mol. The van der Waals surface area contributed by atoms with Crippen molar-refractivity contribution in [3.63, 3.8) is 0 Å². The molecule has 0 bridgehead atoms. The largest absolute Gasteiger partial charge is 0.477 e. The molecule has 0 radical (unpaired) electrons. The summed E-state index contributed by atoms with van der Waals surface area (Å²) < 4.78 is 26.7. The van der Waals surface area contributed by atoms with Crippen molar-refractivity contribution in [2.24, 2.45) is 0 Å². The predicted molar refractivity (Wildman–Crippen MR) is 58.2 cm³/mol. The van der Waals surface area contributed by atoms with Crippen LogP contribution in [0.15, 0.2) is 12.1 Å². The number of carboxylic acid groups (broad SMARTS) is 1. The number of aliphatic hydroxyl groups excluding tert-OH is 2. The number of aromatic carboxylic acids is 1. The Morgan fingerprint density at radius 2 is 1.83 bits per heavy atom. The molecule has 1 aromatic rings. The summed E-state index contributed by atoms with van der Waals surface area (Å²) in [5, 5.41) is 30.2. The van der Waals surface area contributed by atoms with Gasteiger partial charge in [-0.15, -0.1) is 0 Å². The third-order valence-corrected chi connectivity index (χ3v) is 2.40. The summed E-state index contributed by atoms with van der Waals surface area (Å²) in [5.74, 6) is -4.33. The summed E-state index contributed by atoms with van der Waals surface area (Å²) in [6.07, 6.45) is -2.77. The molecule has 0 aromatic heterocycles. The van der Waals surface area contributed by atoms with Gasteiger partial charge in [-0.1, -0.05) is 0 Å². The fourth-order valence-electron chi connectivity index (χ4n) is 1.51. The summed E-state index contributed by atoms with van der Waals surface area (Å²) in [6.45, 7) is 0.0189. The highest BCUT2D eigenvalue weighted by atomic mass is 19.1. The number of carboxylic acids is 1. The van der Waals surface area contributed by atoms with Gasteiger partial charge in [0.15, 0.2) is 0 Å². The van der Waals surface area contributed by atoms with Gasteiger partial charge in [0, 0.05) is 6.54 Å². The Balaban J connectivity index is 3.10. The fourth-order valence-corrected chi connectivity index (χ4v) is 1.51. The van der Waals surface area contributed by atoms with Gasteiger partial charge < -0.3 is 20.6 Å². The second kappa shape index (κ2) is 5.85. The number of rotatable bonds is 5. The Labute approximate surface area is 102 Å². The van der Waals surface area contributed by atoms with Gasteiger partial charge in [-0.25, -0.2) is 13.6 Å². The van der Waals surface area contributed by atoms with E-state index in [-0.39, 0.29) is 12.1 Å². The second-order valence-electron chi connectivity index (χ2n) is 3.73. The topological polar surface area (TPSA) is 89.8 Å². The van der Waals surface area contributed by atoms with Crippen molar-refractivity contribution in [1.82, 2.24) is 5.32 Å². The average Bonchev–Trinajstić information content (AvgIpc) is 2.26. The van der Waals surface area contributed by atoms with E-state index in [1.54, 1.807) is 0 Å². The van der Waals surface area contributed by atoms with Crippen LogP contribution in [0.2, 0.25) is 0 Å². The average molecular weight is 261 g/mol. The van der Waals surface area contributed by atoms with E-state index in [2.05, 4.69) is 5.32 Å². The molecule has 0 amide bonds. The third kappa shape index (κ3) is 3.00. The lowest BCUT2D eigenvalue weighted by molar-refractivity contribution is 0.0198. The van der Waals surface area contributed by atoms with Crippen molar-refractivity contribution in [3.05, 3.63) is 34.9 Å². The van der Waals surface area contributed by atoms with Gasteiger partial charge in [0.2, 0.25) is 0 Å². The van der Waals surface area contributed by atoms with E-state index in [4.69, 9.17) is 5.11 Å². The van der Waals surface area contributed by atoms with Crippen LogP contribution in [0.1, 0.15) is 22.0 Å². The lowest BCUT2D eigenvalue weighted by Crippen LogP contribution is -2.29. The highest BCUT2D eigenvalue weighted by Gasteiger charge is 2.23. The number of likely N-dealkylation sites (N-methyl/N-ethyl adjacent to an activating group) is 1. The van der Waals surface area contributed by atoms with Crippen molar-refractivity contribution in [2.75, 3.05) is 13.6 Å². The Morgan fingerprint density at radius 1 is 1.33 bits per heavy atom. The normalized spacial score (nSPS) is 14.3. The van der Waals surface area contributed by atoms with E-state index in [1.807, 2.05) is 0 Å². The predicted octanol–water partition coefficient (Wildman–Crippen LogP) is 0.277. The van der Waals surface area contributed by atoms with Gasteiger partial charge in [-0.3, -0.25) is 0 Å². The van der Waals surface area contributed by atoms with Gasteiger partial charge in [0.1, 0.15) is 23.3 Å². The highest BCUT2D eigenvalue weighted by molar-refractivity contribution is 5.88. The van der Waals surface area contributed by atoms with Crippen LogP contribution in [-0.2, 0) is 0 Å². The van der Waals surface area contributed by atoms with E-state index < -0.39 is 35.4 Å². The molecule has 4 N–H and O–H groups in total. The van der Waals surface area contributed by atoms with Crippen LogP contribution >= 0.6 is 0 Å². The first-order valence-corrected chi connectivity index (χ1v) is 5.11. The van der Waals surface area contributed by atoms with Crippen LogP contribution in [0.5, 0.6) is 0 Å². The lowest BCUT2D eigenvalue weighted by atomic mass is 10.0. The number of halogens is 2. The Bertz CT molecular complexity index is 430. The van der Waals surface area contributed by atoms with Crippen molar-refractivity contribution in [3.8, 4) is 0 Å². The highest BCUT2D eigenvalue weighted by Crippen LogP contribution is 2.22. The molecule has 0 saturated heterocycles. The zero-order chi connectivity index (χ0) is 13.9. The van der Waals surface area contributed by atoms with E-state index in [9.17, 15) is 23.8 Å². The molecule has 1 aromatic carbocycles. The SMILES string of the molecule is CNCC(O)C(O)c1cc(F)c(C(=O)O)c(F)c1. The smallest absolute Gasteiger partial charge is 0.341 e. The maximum atomic E-state index is 13.3. The number of nitrogens with one attached hydrogen (secondary N) is 1. The summed E-state index contributed by atoms with van der Waals surface area (Å²) in [6, 6.07) is 1.38. The number of aliphatic hydroxyl groups is 2. The van der Waals surface area contributed by atoms with Crippen LogP contribution in [-0.4, -0.2) is 41.0 Å². The Hall–Kier alpha value is -1.57. The van der Waals surface area contributed by atoms with E-state index in [0.717, 1.165) is 0 Å². The molecule has 0 spiro atoms. The number of carbonyl (C=O) groups is 1. The molecule has 7 heteroatoms. The van der Waals surface area contributed by atoms with E-state index in [0.29, 0.717) is 12.1 Å². The Morgan fingerprint density at radius 3 is 2.22 bits per heavy atom. The maximum Gasteiger partial charge on any atom is 0.341 e. The first-order valence-electron chi connectivity index (χ1n) is 5.11. The number of hydrogen-bond donors (Lipinski definition) is 4. The minimum absolute atomic E-state index is 0.0189. The molecular weight excluding hydrogens is 248 g/mol. The van der Waals surface area contributed by atoms with Crippen LogP contribution in [0.4, 0.5) is 8.78 Å². The zero-order valence-electron chi connectivity index (χ0n) is 9.52. The van der Waals surface area contributed by atoms with Crippen molar-refractivity contribution < 1.29 is 28.9 Å². The number of benzene rings is 1. The van der Waals surface area contributed by atoms with Crippen molar-refractivity contribution in [2.45, 2.75) is 12.2 Å². The standard InChI is InChI=1S/C11H13F2NO4/c1-14-4-8(15)10(16)5-2-6(12)9(11(17)18)7(13)3-5/h2-3,8,10,14-16H,4H2,1H3,(H,17,18). The summed E-state index contributed by atoms with van der Waals surface area (Å²) >= 11 is 0. The fraction of sp³-hybridized carbons (Fsp3) is 0.364. The molecule has 0 aliphatic carbocycles. The molecule has 0 aliphatic heterocycles. The van der Waals surface area contributed by atoms with Gasteiger partial charge in [0.25, 0.3) is 0 Å². The maximum absolute atomic E-state index is 13.3. The minimum atomic E-state index is -1.73. The molecule has 0 heterocycles. The second-order valence-corrected chi connectivity index (χ2v) is 3.73. The molecule has 2 unspecified atom stereocenters. The summed E-state index contributed by atoms with van der Waals surface area (Å²) in [5.41, 5.74) is -1.31. The molecule has 18 heavy (non-hydrogen) atoms. The van der Waals surface area contributed by atoms with E-state index in [1.165, 1.54) is 7.05 Å². The first-order chi connectivity index (χ1) is 8.38. The summed E-state index contributed by atoms with van der Waals surface area (Å²) in [4.78, 5) is 10.6. The quantitative estimate of drug-likeness (QED) is 0.611. The minimum Gasteiger partial charge on any atom is -0.477 e. The van der Waals surface area contributed by atoms with Crippen molar-refractivity contribution >= 4 is 5.97 Å². The van der Waals surface area contributed by atoms with Gasteiger partial charge in [-0.2, -0.15) is 0 Å². The molecular formula is C11H13F2NO4. The molecule has 100 valence electrons. The number of hydrogen-bond acceptors (Lipinski definition) is 4. The molecule has 1 rings (SSSR count). The van der Waals surface area contributed by atoms with Crippen LogP contribution in [0.25, 0.3) is 0 Å². The molecule has 2 atom stereocenters. The Kier molecular flexibility index (Phi) is 4.71.